The second-order valence-corrected chi connectivity index (χ2v) is 5.71. The quantitative estimate of drug-likeness (QED) is 0.577. The molecule has 0 aliphatic rings. The first kappa shape index (κ1) is 19.6. The lowest BCUT2D eigenvalue weighted by Crippen LogP contribution is -2.13. The number of nitrogens with one attached hydrogen (secondary N) is 1. The van der Waals surface area contributed by atoms with Gasteiger partial charge < -0.3 is 14.8 Å². The highest BCUT2D eigenvalue weighted by Gasteiger charge is 2.28. The number of carbonyl (C=O) groups excluding carboxylic acids is 1. The van der Waals surface area contributed by atoms with Crippen molar-refractivity contribution in [2.75, 3.05) is 12.4 Å². The minimum absolute atomic E-state index is 0.0878. The number of nitro groups is 2. The lowest BCUT2D eigenvalue weighted by Gasteiger charge is -2.11. The van der Waals surface area contributed by atoms with Gasteiger partial charge in [0.1, 0.15) is 5.75 Å². The van der Waals surface area contributed by atoms with Crippen molar-refractivity contribution < 1.29 is 24.1 Å². The van der Waals surface area contributed by atoms with E-state index in [-0.39, 0.29) is 17.4 Å². The molecular weight excluding hydrogens is 358 g/mol. The summed E-state index contributed by atoms with van der Waals surface area (Å²) >= 11 is 0. The SMILES string of the molecule is COc1c([N+](=O)[O-])cc(NC(=O)c2cccc(OC(C)C)c2)cc1[N+](=O)[O-]. The Labute approximate surface area is 154 Å². The number of amides is 1. The van der Waals surface area contributed by atoms with E-state index < -0.39 is 32.9 Å². The maximum absolute atomic E-state index is 12.4. The average molecular weight is 375 g/mol. The highest BCUT2D eigenvalue weighted by molar-refractivity contribution is 6.05. The molecule has 0 fully saturated rings. The first-order valence-corrected chi connectivity index (χ1v) is 7.81. The normalized spacial score (nSPS) is 10.4. The molecule has 2 rings (SSSR count). The topological polar surface area (TPSA) is 134 Å². The van der Waals surface area contributed by atoms with Crippen LogP contribution in [-0.4, -0.2) is 29.0 Å². The number of anilines is 1. The molecule has 0 bridgehead atoms. The Morgan fingerprint density at radius 1 is 1.07 bits per heavy atom. The Morgan fingerprint density at radius 2 is 1.67 bits per heavy atom. The summed E-state index contributed by atoms with van der Waals surface area (Å²) in [6.07, 6.45) is -0.0878. The van der Waals surface area contributed by atoms with E-state index in [0.29, 0.717) is 5.75 Å². The fraction of sp³-hybridized carbons (Fsp3) is 0.235. The molecular formula is C17H17N3O7. The van der Waals surface area contributed by atoms with E-state index in [0.717, 1.165) is 19.2 Å². The van der Waals surface area contributed by atoms with Crippen LogP contribution in [0.5, 0.6) is 11.5 Å². The Kier molecular flexibility index (Phi) is 5.91. The van der Waals surface area contributed by atoms with E-state index in [1.807, 2.05) is 13.8 Å². The van der Waals surface area contributed by atoms with Crippen LogP contribution < -0.4 is 14.8 Å². The Hall–Kier alpha value is -3.69. The van der Waals surface area contributed by atoms with Crippen LogP contribution in [-0.2, 0) is 0 Å². The second kappa shape index (κ2) is 8.13. The smallest absolute Gasteiger partial charge is 0.320 e. The minimum Gasteiger partial charge on any atom is -0.491 e. The standard InChI is InChI=1S/C17H17N3O7/c1-10(2)27-13-6-4-5-11(7-13)17(21)18-12-8-14(19(22)23)16(26-3)15(9-12)20(24)25/h4-10H,1-3H3,(H,18,21). The van der Waals surface area contributed by atoms with Crippen LogP contribution in [0.25, 0.3) is 0 Å². The molecule has 0 unspecified atom stereocenters. The molecule has 2 aromatic carbocycles. The molecule has 0 radical (unpaired) electrons. The van der Waals surface area contributed by atoms with E-state index in [1.54, 1.807) is 12.1 Å². The zero-order chi connectivity index (χ0) is 20.1. The molecule has 27 heavy (non-hydrogen) atoms. The third kappa shape index (κ3) is 4.69. The number of nitrogens with zero attached hydrogens (tertiary/aromatic N) is 2. The molecule has 0 aromatic heterocycles. The van der Waals surface area contributed by atoms with Crippen molar-refractivity contribution in [3.05, 3.63) is 62.2 Å². The van der Waals surface area contributed by atoms with E-state index in [1.165, 1.54) is 12.1 Å². The molecule has 1 amide bonds. The number of benzene rings is 2. The van der Waals surface area contributed by atoms with Gasteiger partial charge in [0.25, 0.3) is 11.7 Å². The summed E-state index contributed by atoms with van der Waals surface area (Å²) in [5, 5.41) is 24.8. The first-order chi connectivity index (χ1) is 12.7. The number of carbonyl (C=O) groups is 1. The predicted octanol–water partition coefficient (Wildman–Crippen LogP) is 3.55. The summed E-state index contributed by atoms with van der Waals surface area (Å²) in [6, 6.07) is 8.32. The highest BCUT2D eigenvalue weighted by atomic mass is 16.6. The van der Waals surface area contributed by atoms with Gasteiger partial charge in [-0.05, 0) is 32.0 Å². The lowest BCUT2D eigenvalue weighted by atomic mass is 10.1. The average Bonchev–Trinajstić information content (AvgIpc) is 2.60. The fourth-order valence-corrected chi connectivity index (χ4v) is 2.34. The molecule has 10 nitrogen and oxygen atoms in total. The van der Waals surface area contributed by atoms with Gasteiger partial charge in [-0.2, -0.15) is 0 Å². The van der Waals surface area contributed by atoms with Crippen LogP contribution in [0.2, 0.25) is 0 Å². The van der Waals surface area contributed by atoms with Crippen molar-refractivity contribution in [3.8, 4) is 11.5 Å². The molecule has 0 atom stereocenters. The number of hydrogen-bond acceptors (Lipinski definition) is 7. The largest absolute Gasteiger partial charge is 0.491 e. The number of rotatable bonds is 7. The summed E-state index contributed by atoms with van der Waals surface area (Å²) < 4.78 is 10.3. The van der Waals surface area contributed by atoms with Crippen molar-refractivity contribution in [1.29, 1.82) is 0 Å². The van der Waals surface area contributed by atoms with Crippen molar-refractivity contribution in [3.63, 3.8) is 0 Å². The summed E-state index contributed by atoms with van der Waals surface area (Å²) in [5.74, 6) is -0.613. The molecule has 0 aliphatic heterocycles. The molecule has 0 spiro atoms. The molecule has 0 aliphatic carbocycles. The van der Waals surface area contributed by atoms with Gasteiger partial charge >= 0.3 is 11.4 Å². The molecule has 10 heteroatoms. The maximum atomic E-state index is 12.4. The second-order valence-electron chi connectivity index (χ2n) is 5.71. The summed E-state index contributed by atoms with van der Waals surface area (Å²) in [4.78, 5) is 33.2. The van der Waals surface area contributed by atoms with Crippen molar-refractivity contribution in [2.45, 2.75) is 20.0 Å². The predicted molar refractivity (Wildman–Crippen MR) is 96.5 cm³/mol. The van der Waals surface area contributed by atoms with Crippen LogP contribution in [0.1, 0.15) is 24.2 Å². The van der Waals surface area contributed by atoms with E-state index >= 15 is 0 Å². The Morgan fingerprint density at radius 3 is 2.15 bits per heavy atom. The molecule has 0 saturated carbocycles. The lowest BCUT2D eigenvalue weighted by molar-refractivity contribution is -0.395. The Balaban J connectivity index is 2.38. The maximum Gasteiger partial charge on any atom is 0.320 e. The molecule has 0 heterocycles. The van der Waals surface area contributed by atoms with Crippen LogP contribution in [0, 0.1) is 20.2 Å². The van der Waals surface area contributed by atoms with Gasteiger partial charge in [-0.15, -0.1) is 0 Å². The van der Waals surface area contributed by atoms with Crippen molar-refractivity contribution in [2.24, 2.45) is 0 Å². The molecule has 142 valence electrons. The van der Waals surface area contributed by atoms with Crippen LogP contribution in [0.15, 0.2) is 36.4 Å². The third-order valence-electron chi connectivity index (χ3n) is 3.37. The number of hydrogen-bond donors (Lipinski definition) is 1. The van der Waals surface area contributed by atoms with Gasteiger partial charge in [0.15, 0.2) is 0 Å². The van der Waals surface area contributed by atoms with Gasteiger partial charge in [0.2, 0.25) is 0 Å². The Bertz CT molecular complexity index is 861. The number of methoxy groups -OCH3 is 1. The van der Waals surface area contributed by atoms with E-state index in [9.17, 15) is 25.0 Å². The monoisotopic (exact) mass is 375 g/mol. The fourth-order valence-electron chi connectivity index (χ4n) is 2.34. The summed E-state index contributed by atoms with van der Waals surface area (Å²) in [5.41, 5.74) is -1.12. The summed E-state index contributed by atoms with van der Waals surface area (Å²) in [6.45, 7) is 3.67. The first-order valence-electron chi connectivity index (χ1n) is 7.81. The summed E-state index contributed by atoms with van der Waals surface area (Å²) in [7, 11) is 1.09. The van der Waals surface area contributed by atoms with Crippen molar-refractivity contribution in [1.82, 2.24) is 0 Å². The van der Waals surface area contributed by atoms with Crippen LogP contribution >= 0.6 is 0 Å². The van der Waals surface area contributed by atoms with Crippen LogP contribution in [0.4, 0.5) is 17.1 Å². The van der Waals surface area contributed by atoms with E-state index in [4.69, 9.17) is 9.47 Å². The molecule has 1 N–H and O–H groups in total. The third-order valence-corrected chi connectivity index (χ3v) is 3.37. The highest BCUT2D eigenvalue weighted by Crippen LogP contribution is 2.39. The van der Waals surface area contributed by atoms with Crippen molar-refractivity contribution >= 4 is 23.0 Å². The zero-order valence-corrected chi connectivity index (χ0v) is 14.8. The van der Waals surface area contributed by atoms with Gasteiger partial charge in [-0.25, -0.2) is 0 Å². The van der Waals surface area contributed by atoms with E-state index in [2.05, 4.69) is 5.32 Å². The molecule has 0 saturated heterocycles. The molecule has 2 aromatic rings. The number of ether oxygens (including phenoxy) is 2. The van der Waals surface area contributed by atoms with Gasteiger partial charge in [-0.1, -0.05) is 6.07 Å². The van der Waals surface area contributed by atoms with Crippen LogP contribution in [0.3, 0.4) is 0 Å². The number of nitro benzene ring substituents is 2. The zero-order valence-electron chi connectivity index (χ0n) is 14.8. The minimum atomic E-state index is -0.821. The van der Waals surface area contributed by atoms with Gasteiger partial charge in [0.05, 0.1) is 28.7 Å². The van der Waals surface area contributed by atoms with Gasteiger partial charge in [-0.3, -0.25) is 25.0 Å². The van der Waals surface area contributed by atoms with Gasteiger partial charge in [0, 0.05) is 17.7 Å².